The van der Waals surface area contributed by atoms with Crippen molar-refractivity contribution in [1.82, 2.24) is 15.1 Å². The molecule has 3 rings (SSSR count). The Morgan fingerprint density at radius 1 is 1.33 bits per heavy atom. The zero-order valence-electron chi connectivity index (χ0n) is 17.0. The molecule has 1 atom stereocenters. The molecule has 1 N–H and O–H groups in total. The monoisotopic (exact) mass is 430 g/mol. The molecule has 1 amide bonds. The number of para-hydroxylation sites is 1. The van der Waals surface area contributed by atoms with Gasteiger partial charge in [-0.2, -0.15) is 5.10 Å². The summed E-state index contributed by atoms with van der Waals surface area (Å²) in [5, 5.41) is 19.4. The fraction of sp³-hybridized carbons (Fsp3) is 0.350. The Labute approximate surface area is 176 Å². The van der Waals surface area contributed by atoms with Gasteiger partial charge in [0.05, 0.1) is 39.6 Å². The van der Waals surface area contributed by atoms with Gasteiger partial charge in [-0.1, -0.05) is 18.2 Å². The number of esters is 1. The first kappa shape index (κ1) is 21.4. The van der Waals surface area contributed by atoms with Crippen LogP contribution in [-0.2, 0) is 16.6 Å². The number of thiophene rings is 1. The van der Waals surface area contributed by atoms with Crippen molar-refractivity contribution in [3.05, 3.63) is 56.6 Å². The van der Waals surface area contributed by atoms with Crippen molar-refractivity contribution in [2.24, 2.45) is 7.05 Å². The molecule has 0 radical (unpaired) electrons. The van der Waals surface area contributed by atoms with Crippen molar-refractivity contribution in [3.63, 3.8) is 0 Å². The molecule has 10 heteroatoms. The summed E-state index contributed by atoms with van der Waals surface area (Å²) < 4.78 is 6.89. The average molecular weight is 430 g/mol. The summed E-state index contributed by atoms with van der Waals surface area (Å²) in [6, 6.07) is 6.87. The van der Waals surface area contributed by atoms with Crippen molar-refractivity contribution in [2.45, 2.75) is 39.3 Å². The van der Waals surface area contributed by atoms with E-state index in [0.29, 0.717) is 4.88 Å². The van der Waals surface area contributed by atoms with Crippen LogP contribution < -0.4 is 5.32 Å². The molecule has 2 aromatic heterocycles. The number of fused-ring (bicyclic) bond motifs is 1. The van der Waals surface area contributed by atoms with Gasteiger partial charge in [-0.05, 0) is 26.8 Å². The SMILES string of the molecule is Cc1nn(C)c2sc(C(=O)NC(CC(=O)OC(C)C)c3ccccc3[N+](=O)[O-])cc12. The number of rotatable bonds is 7. The summed E-state index contributed by atoms with van der Waals surface area (Å²) in [5.41, 5.74) is 0.880. The highest BCUT2D eigenvalue weighted by Crippen LogP contribution is 2.30. The minimum atomic E-state index is -0.908. The van der Waals surface area contributed by atoms with Crippen LogP contribution in [0.1, 0.15) is 47.2 Å². The van der Waals surface area contributed by atoms with Gasteiger partial charge in [0, 0.05) is 18.5 Å². The topological polar surface area (TPSA) is 116 Å². The zero-order valence-corrected chi connectivity index (χ0v) is 17.9. The number of aromatic nitrogens is 2. The van der Waals surface area contributed by atoms with Crippen LogP contribution in [0.2, 0.25) is 0 Å². The normalized spacial score (nSPS) is 12.2. The van der Waals surface area contributed by atoms with Gasteiger partial charge in [0.25, 0.3) is 11.6 Å². The van der Waals surface area contributed by atoms with Gasteiger partial charge in [-0.3, -0.25) is 24.4 Å². The molecular formula is C20H22N4O5S. The van der Waals surface area contributed by atoms with E-state index in [-0.39, 0.29) is 23.8 Å². The Hall–Kier alpha value is -3.27. The van der Waals surface area contributed by atoms with E-state index >= 15 is 0 Å². The van der Waals surface area contributed by atoms with Crippen LogP contribution in [-0.4, -0.2) is 32.7 Å². The summed E-state index contributed by atoms with van der Waals surface area (Å²) >= 11 is 1.27. The lowest BCUT2D eigenvalue weighted by atomic mass is 10.0. The summed E-state index contributed by atoms with van der Waals surface area (Å²) in [6.07, 6.45) is -0.557. The van der Waals surface area contributed by atoms with Crippen LogP contribution in [0.3, 0.4) is 0 Å². The van der Waals surface area contributed by atoms with Crippen LogP contribution in [0.4, 0.5) is 5.69 Å². The predicted molar refractivity (Wildman–Crippen MR) is 112 cm³/mol. The molecule has 3 aromatic rings. The van der Waals surface area contributed by atoms with Gasteiger partial charge in [0.1, 0.15) is 4.83 Å². The molecule has 30 heavy (non-hydrogen) atoms. The van der Waals surface area contributed by atoms with Crippen molar-refractivity contribution < 1.29 is 19.2 Å². The Morgan fingerprint density at radius 2 is 2.03 bits per heavy atom. The minimum absolute atomic E-state index is 0.170. The first-order valence-corrected chi connectivity index (χ1v) is 10.2. The number of aryl methyl sites for hydroxylation is 2. The van der Waals surface area contributed by atoms with Crippen LogP contribution >= 0.6 is 11.3 Å². The molecule has 0 saturated heterocycles. The van der Waals surface area contributed by atoms with Crippen molar-refractivity contribution in [3.8, 4) is 0 Å². The zero-order chi connectivity index (χ0) is 22.0. The standard InChI is InChI=1S/C20H22N4O5S/c1-11(2)29-18(25)10-15(13-7-5-6-8-16(13)24(27)28)21-19(26)17-9-14-12(3)22-23(4)20(14)30-17/h5-9,11,15H,10H2,1-4H3,(H,21,26). The van der Waals surface area contributed by atoms with E-state index in [2.05, 4.69) is 10.4 Å². The molecular weight excluding hydrogens is 408 g/mol. The molecule has 0 aliphatic rings. The van der Waals surface area contributed by atoms with Gasteiger partial charge < -0.3 is 10.1 Å². The van der Waals surface area contributed by atoms with Gasteiger partial charge >= 0.3 is 5.97 Å². The Bertz CT molecular complexity index is 1080. The van der Waals surface area contributed by atoms with Crippen LogP contribution in [0.25, 0.3) is 10.2 Å². The maximum absolute atomic E-state index is 13.0. The van der Waals surface area contributed by atoms with E-state index in [1.54, 1.807) is 37.7 Å². The molecule has 2 heterocycles. The lowest BCUT2D eigenvalue weighted by Crippen LogP contribution is -2.31. The fourth-order valence-corrected chi connectivity index (χ4v) is 4.24. The van der Waals surface area contributed by atoms with Gasteiger partial charge in [-0.15, -0.1) is 11.3 Å². The molecule has 9 nitrogen and oxygen atoms in total. The third kappa shape index (κ3) is 4.48. The second-order valence-electron chi connectivity index (χ2n) is 7.12. The number of ether oxygens (including phenoxy) is 1. The van der Waals surface area contributed by atoms with Crippen molar-refractivity contribution >= 4 is 39.1 Å². The quantitative estimate of drug-likeness (QED) is 0.347. The summed E-state index contributed by atoms with van der Waals surface area (Å²) in [7, 11) is 1.80. The van der Waals surface area contributed by atoms with Crippen molar-refractivity contribution in [1.29, 1.82) is 0 Å². The molecule has 0 saturated carbocycles. The highest BCUT2D eigenvalue weighted by molar-refractivity contribution is 7.20. The third-order valence-electron chi connectivity index (χ3n) is 4.47. The Morgan fingerprint density at radius 3 is 2.67 bits per heavy atom. The van der Waals surface area contributed by atoms with E-state index in [9.17, 15) is 19.7 Å². The number of amides is 1. The summed E-state index contributed by atoms with van der Waals surface area (Å²) in [4.78, 5) is 37.4. The fourth-order valence-electron chi connectivity index (χ4n) is 3.21. The van der Waals surface area contributed by atoms with Crippen LogP contribution in [0, 0.1) is 17.0 Å². The summed E-state index contributed by atoms with van der Waals surface area (Å²) in [6.45, 7) is 5.28. The number of nitrogens with one attached hydrogen (secondary N) is 1. The van der Waals surface area contributed by atoms with Crippen LogP contribution in [0.15, 0.2) is 30.3 Å². The molecule has 0 bridgehead atoms. The van der Waals surface area contributed by atoms with Gasteiger partial charge in [0.15, 0.2) is 0 Å². The number of benzene rings is 1. The maximum atomic E-state index is 13.0. The number of nitro groups is 1. The Kier molecular flexibility index (Phi) is 6.16. The largest absolute Gasteiger partial charge is 0.463 e. The van der Waals surface area contributed by atoms with Gasteiger partial charge in [-0.25, -0.2) is 0 Å². The Balaban J connectivity index is 1.93. The second kappa shape index (κ2) is 8.62. The molecule has 0 spiro atoms. The molecule has 1 aromatic carbocycles. The van der Waals surface area contributed by atoms with Gasteiger partial charge in [0.2, 0.25) is 0 Å². The first-order chi connectivity index (χ1) is 14.2. The minimum Gasteiger partial charge on any atom is -0.463 e. The first-order valence-electron chi connectivity index (χ1n) is 9.34. The lowest BCUT2D eigenvalue weighted by molar-refractivity contribution is -0.385. The van der Waals surface area contributed by atoms with E-state index < -0.39 is 22.8 Å². The number of carbonyl (C=O) groups is 2. The lowest BCUT2D eigenvalue weighted by Gasteiger charge is -2.19. The smallest absolute Gasteiger partial charge is 0.308 e. The van der Waals surface area contributed by atoms with E-state index in [1.165, 1.54) is 29.5 Å². The number of hydrogen-bond acceptors (Lipinski definition) is 7. The van der Waals surface area contributed by atoms with E-state index in [0.717, 1.165) is 15.9 Å². The highest BCUT2D eigenvalue weighted by Gasteiger charge is 2.27. The number of nitrogens with zero attached hydrogens (tertiary/aromatic N) is 3. The molecule has 1 unspecified atom stereocenters. The van der Waals surface area contributed by atoms with Crippen molar-refractivity contribution in [2.75, 3.05) is 0 Å². The highest BCUT2D eigenvalue weighted by atomic mass is 32.1. The summed E-state index contributed by atoms with van der Waals surface area (Å²) in [5.74, 6) is -0.971. The molecule has 0 aliphatic heterocycles. The second-order valence-corrected chi connectivity index (χ2v) is 8.15. The molecule has 0 aliphatic carbocycles. The number of nitro benzene ring substituents is 1. The third-order valence-corrected chi connectivity index (χ3v) is 5.67. The average Bonchev–Trinajstić information content (AvgIpc) is 3.22. The number of carbonyl (C=O) groups excluding carboxylic acids is 2. The molecule has 0 fully saturated rings. The maximum Gasteiger partial charge on any atom is 0.308 e. The predicted octanol–water partition coefficient (Wildman–Crippen LogP) is 3.66. The van der Waals surface area contributed by atoms with E-state index in [1.807, 2.05) is 6.92 Å². The molecule has 158 valence electrons. The van der Waals surface area contributed by atoms with E-state index in [4.69, 9.17) is 4.74 Å². The number of hydrogen-bond donors (Lipinski definition) is 1. The van der Waals surface area contributed by atoms with Crippen LogP contribution in [0.5, 0.6) is 0 Å².